The molecule has 1 fully saturated rings. The van der Waals surface area contributed by atoms with Crippen LogP contribution >= 0.6 is 0 Å². The summed E-state index contributed by atoms with van der Waals surface area (Å²) in [5.41, 5.74) is 4.80. The second-order valence-electron chi connectivity index (χ2n) is 6.64. The van der Waals surface area contributed by atoms with E-state index in [1.807, 2.05) is 24.9 Å². The maximum atomic E-state index is 13.0. The minimum absolute atomic E-state index is 0.0479. The Kier molecular flexibility index (Phi) is 3.18. The minimum Gasteiger partial charge on any atom is -0.359 e. The van der Waals surface area contributed by atoms with Gasteiger partial charge in [-0.3, -0.25) is 14.4 Å². The van der Waals surface area contributed by atoms with Gasteiger partial charge in [-0.05, 0) is 43.9 Å². The first-order chi connectivity index (χ1) is 11.0. The van der Waals surface area contributed by atoms with E-state index in [2.05, 4.69) is 35.1 Å². The molecule has 23 heavy (non-hydrogen) atoms. The van der Waals surface area contributed by atoms with Crippen LogP contribution in [0.3, 0.4) is 0 Å². The number of aromatic nitrogens is 2. The van der Waals surface area contributed by atoms with E-state index in [9.17, 15) is 4.79 Å². The van der Waals surface area contributed by atoms with Crippen LogP contribution in [0.4, 0.5) is 11.5 Å². The molecule has 5 nitrogen and oxygen atoms in total. The fourth-order valence-electron chi connectivity index (χ4n) is 3.87. The van der Waals surface area contributed by atoms with Crippen LogP contribution in [0.15, 0.2) is 24.3 Å². The molecule has 2 aliphatic heterocycles. The summed E-state index contributed by atoms with van der Waals surface area (Å²) in [7, 11) is 1.90. The van der Waals surface area contributed by atoms with Crippen LogP contribution in [0.1, 0.15) is 23.2 Å². The molecule has 1 amide bonds. The largest absolute Gasteiger partial charge is 0.359 e. The van der Waals surface area contributed by atoms with E-state index in [1.54, 1.807) is 4.68 Å². The predicted octanol–water partition coefficient (Wildman–Crippen LogP) is 2.20. The Labute approximate surface area is 136 Å². The molecule has 1 aromatic carbocycles. The first-order valence-corrected chi connectivity index (χ1v) is 8.23. The van der Waals surface area contributed by atoms with Crippen molar-refractivity contribution in [1.29, 1.82) is 0 Å². The number of amides is 1. The number of carbonyl (C=O) groups excluding carboxylic acids is 1. The normalized spacial score (nSPS) is 20.5. The fraction of sp³-hybridized carbons (Fsp3) is 0.444. The monoisotopic (exact) mass is 310 g/mol. The van der Waals surface area contributed by atoms with E-state index in [4.69, 9.17) is 0 Å². The molecular weight excluding hydrogens is 288 g/mol. The average molecular weight is 310 g/mol. The number of fused-ring (bicyclic) bond motifs is 1. The lowest BCUT2D eigenvalue weighted by Gasteiger charge is -2.26. The number of benzene rings is 1. The molecular formula is C18H22N4O. The molecule has 5 heteroatoms. The number of aryl methyl sites for hydroxylation is 3. The highest BCUT2D eigenvalue weighted by atomic mass is 16.2. The van der Waals surface area contributed by atoms with E-state index in [0.717, 1.165) is 37.4 Å². The van der Waals surface area contributed by atoms with Gasteiger partial charge in [-0.1, -0.05) is 12.1 Å². The zero-order valence-corrected chi connectivity index (χ0v) is 13.9. The Hall–Kier alpha value is -2.30. The number of nitrogens with zero attached hydrogens (tertiary/aromatic N) is 4. The zero-order chi connectivity index (χ0) is 16.1. The molecule has 0 saturated carbocycles. The second-order valence-corrected chi connectivity index (χ2v) is 6.64. The lowest BCUT2D eigenvalue weighted by atomic mass is 10.1. The molecule has 2 aliphatic rings. The van der Waals surface area contributed by atoms with Crippen LogP contribution in [0.25, 0.3) is 0 Å². The molecule has 1 aromatic heterocycles. The van der Waals surface area contributed by atoms with Crippen molar-refractivity contribution in [2.45, 2.75) is 32.7 Å². The van der Waals surface area contributed by atoms with Crippen LogP contribution in [-0.4, -0.2) is 34.8 Å². The highest BCUT2D eigenvalue weighted by molar-refractivity contribution is 6.01. The molecule has 0 aliphatic carbocycles. The van der Waals surface area contributed by atoms with Gasteiger partial charge in [-0.15, -0.1) is 0 Å². The summed E-state index contributed by atoms with van der Waals surface area (Å²) in [6.07, 6.45) is 1.90. The SMILES string of the molecule is Cc1ccc2c(c1)N([C@@H]1CCN(c3cc(C)nn3C)C1=O)CC2. The smallest absolute Gasteiger partial charge is 0.250 e. The molecule has 0 N–H and O–H groups in total. The molecule has 0 radical (unpaired) electrons. The topological polar surface area (TPSA) is 41.4 Å². The third-order valence-corrected chi connectivity index (χ3v) is 4.98. The van der Waals surface area contributed by atoms with Crippen LogP contribution in [0.5, 0.6) is 0 Å². The number of rotatable bonds is 2. The maximum absolute atomic E-state index is 13.0. The van der Waals surface area contributed by atoms with Crippen molar-refractivity contribution in [1.82, 2.24) is 9.78 Å². The molecule has 0 bridgehead atoms. The zero-order valence-electron chi connectivity index (χ0n) is 13.9. The Balaban J connectivity index is 1.62. The third-order valence-electron chi connectivity index (χ3n) is 4.98. The van der Waals surface area contributed by atoms with Gasteiger partial charge in [0.1, 0.15) is 11.9 Å². The minimum atomic E-state index is -0.0479. The molecule has 1 saturated heterocycles. The summed E-state index contributed by atoms with van der Waals surface area (Å²) in [4.78, 5) is 17.2. The molecule has 4 rings (SSSR count). The van der Waals surface area contributed by atoms with Crippen molar-refractivity contribution >= 4 is 17.4 Å². The van der Waals surface area contributed by atoms with Gasteiger partial charge in [-0.25, -0.2) is 0 Å². The summed E-state index contributed by atoms with van der Waals surface area (Å²) >= 11 is 0. The van der Waals surface area contributed by atoms with Crippen molar-refractivity contribution in [2.75, 3.05) is 22.9 Å². The van der Waals surface area contributed by atoms with Gasteiger partial charge in [0.15, 0.2) is 0 Å². The number of carbonyl (C=O) groups is 1. The Morgan fingerprint density at radius 2 is 2.00 bits per heavy atom. The van der Waals surface area contributed by atoms with E-state index >= 15 is 0 Å². The predicted molar refractivity (Wildman–Crippen MR) is 90.9 cm³/mol. The molecule has 1 atom stereocenters. The summed E-state index contributed by atoms with van der Waals surface area (Å²) in [6.45, 7) is 5.77. The lowest BCUT2D eigenvalue weighted by molar-refractivity contribution is -0.118. The first-order valence-electron chi connectivity index (χ1n) is 8.23. The lowest BCUT2D eigenvalue weighted by Crippen LogP contribution is -2.41. The van der Waals surface area contributed by atoms with Crippen molar-refractivity contribution in [3.05, 3.63) is 41.1 Å². The van der Waals surface area contributed by atoms with Crippen molar-refractivity contribution in [2.24, 2.45) is 7.05 Å². The Bertz CT molecular complexity index is 779. The van der Waals surface area contributed by atoms with Gasteiger partial charge in [-0.2, -0.15) is 5.10 Å². The fourth-order valence-corrected chi connectivity index (χ4v) is 3.87. The number of anilines is 2. The van der Waals surface area contributed by atoms with Gasteiger partial charge in [0, 0.05) is 31.9 Å². The Morgan fingerprint density at radius 3 is 2.74 bits per heavy atom. The van der Waals surface area contributed by atoms with Crippen molar-refractivity contribution in [3.63, 3.8) is 0 Å². The third kappa shape index (κ3) is 2.22. The van der Waals surface area contributed by atoms with Gasteiger partial charge in [0.25, 0.3) is 5.91 Å². The van der Waals surface area contributed by atoms with Crippen molar-refractivity contribution < 1.29 is 4.79 Å². The van der Waals surface area contributed by atoms with Gasteiger partial charge in [0.2, 0.25) is 0 Å². The van der Waals surface area contributed by atoms with Crippen LogP contribution in [-0.2, 0) is 18.3 Å². The molecule has 0 spiro atoms. The summed E-state index contributed by atoms with van der Waals surface area (Å²) in [5.74, 6) is 1.10. The van der Waals surface area contributed by atoms with Gasteiger partial charge in [0.05, 0.1) is 5.69 Å². The first kappa shape index (κ1) is 14.3. The van der Waals surface area contributed by atoms with E-state index in [-0.39, 0.29) is 11.9 Å². The van der Waals surface area contributed by atoms with Gasteiger partial charge < -0.3 is 4.90 Å². The average Bonchev–Trinajstić information content (AvgIpc) is 3.16. The summed E-state index contributed by atoms with van der Waals surface area (Å²) < 4.78 is 1.80. The van der Waals surface area contributed by atoms with Crippen LogP contribution in [0.2, 0.25) is 0 Å². The molecule has 120 valence electrons. The van der Waals surface area contributed by atoms with Gasteiger partial charge >= 0.3 is 0 Å². The second kappa shape index (κ2) is 5.11. The maximum Gasteiger partial charge on any atom is 0.250 e. The summed E-state index contributed by atoms with van der Waals surface area (Å²) in [5, 5.41) is 4.37. The number of hydrogen-bond donors (Lipinski definition) is 0. The standard InChI is InChI=1S/C18H22N4O/c1-12-4-5-14-6-8-21(16(14)10-12)15-7-9-22(18(15)23)17-11-13(2)19-20(17)3/h4-5,10-11,15H,6-9H2,1-3H3/t15-/m1/s1. The summed E-state index contributed by atoms with van der Waals surface area (Å²) in [6, 6.07) is 8.51. The van der Waals surface area contributed by atoms with Crippen molar-refractivity contribution in [3.8, 4) is 0 Å². The van der Waals surface area contributed by atoms with E-state index < -0.39 is 0 Å². The van der Waals surface area contributed by atoms with E-state index in [0.29, 0.717) is 0 Å². The molecule has 2 aromatic rings. The number of hydrogen-bond acceptors (Lipinski definition) is 3. The molecule has 3 heterocycles. The Morgan fingerprint density at radius 1 is 1.17 bits per heavy atom. The van der Waals surface area contributed by atoms with Crippen LogP contribution < -0.4 is 9.80 Å². The van der Waals surface area contributed by atoms with E-state index in [1.165, 1.54) is 16.8 Å². The quantitative estimate of drug-likeness (QED) is 0.854. The highest BCUT2D eigenvalue weighted by Crippen LogP contribution is 2.34. The molecule has 0 unspecified atom stereocenters. The van der Waals surface area contributed by atoms with Crippen LogP contribution in [0, 0.1) is 13.8 Å². The highest BCUT2D eigenvalue weighted by Gasteiger charge is 2.39.